The zero-order valence-corrected chi connectivity index (χ0v) is 12.6. The van der Waals surface area contributed by atoms with Gasteiger partial charge < -0.3 is 10.3 Å². The summed E-state index contributed by atoms with van der Waals surface area (Å²) in [7, 11) is 0. The molecule has 0 aliphatic rings. The topological polar surface area (TPSA) is 48.0 Å². The van der Waals surface area contributed by atoms with Crippen LogP contribution in [0.15, 0.2) is 45.8 Å². The van der Waals surface area contributed by atoms with Gasteiger partial charge in [-0.2, -0.15) is 0 Å². The Balaban J connectivity index is 2.28. The van der Waals surface area contributed by atoms with Gasteiger partial charge in [0.25, 0.3) is 5.56 Å². The Morgan fingerprint density at radius 1 is 1.26 bits per heavy atom. The van der Waals surface area contributed by atoms with E-state index in [-0.39, 0.29) is 11.6 Å². The molecule has 19 heavy (non-hydrogen) atoms. The summed E-state index contributed by atoms with van der Waals surface area (Å²) in [6.45, 7) is 4.58. The average Bonchev–Trinajstić information content (AvgIpc) is 2.33. The molecule has 0 spiro atoms. The standard InChI is InChI=1S/C15H17BrN2O/c1-10-3-5-13(11(2)7-10)14(17)9-18-8-12(16)4-6-15(18)19/h3-8,14H,9,17H2,1-2H3. The molecule has 2 aromatic rings. The second kappa shape index (κ2) is 5.72. The summed E-state index contributed by atoms with van der Waals surface area (Å²) in [5.41, 5.74) is 9.64. The molecule has 4 heteroatoms. The molecule has 1 aromatic carbocycles. The molecule has 0 saturated heterocycles. The second-order valence-electron chi connectivity index (χ2n) is 4.80. The fourth-order valence-corrected chi connectivity index (χ4v) is 2.58. The molecule has 1 atom stereocenters. The minimum Gasteiger partial charge on any atom is -0.322 e. The normalized spacial score (nSPS) is 12.4. The molecule has 1 aromatic heterocycles. The van der Waals surface area contributed by atoms with Crippen LogP contribution in [0.5, 0.6) is 0 Å². The Morgan fingerprint density at radius 3 is 2.68 bits per heavy atom. The molecule has 100 valence electrons. The van der Waals surface area contributed by atoms with Crippen molar-refractivity contribution in [2.75, 3.05) is 0 Å². The van der Waals surface area contributed by atoms with Crippen LogP contribution in [-0.2, 0) is 6.54 Å². The Bertz CT molecular complexity index is 649. The van der Waals surface area contributed by atoms with Crippen molar-refractivity contribution in [1.29, 1.82) is 0 Å². The minimum atomic E-state index is -0.187. The van der Waals surface area contributed by atoms with Gasteiger partial charge in [-0.15, -0.1) is 0 Å². The van der Waals surface area contributed by atoms with Gasteiger partial charge in [-0.25, -0.2) is 0 Å². The van der Waals surface area contributed by atoms with Crippen LogP contribution in [-0.4, -0.2) is 4.57 Å². The lowest BCUT2D eigenvalue weighted by molar-refractivity contribution is 0.558. The van der Waals surface area contributed by atoms with E-state index in [2.05, 4.69) is 28.9 Å². The molecular formula is C15H17BrN2O. The van der Waals surface area contributed by atoms with Crippen LogP contribution in [0.25, 0.3) is 0 Å². The molecule has 0 aliphatic heterocycles. The van der Waals surface area contributed by atoms with Gasteiger partial charge >= 0.3 is 0 Å². The van der Waals surface area contributed by atoms with Crippen molar-refractivity contribution in [3.05, 3.63) is 68.0 Å². The van der Waals surface area contributed by atoms with Gasteiger partial charge in [-0.05, 0) is 47.0 Å². The van der Waals surface area contributed by atoms with Crippen LogP contribution in [0.3, 0.4) is 0 Å². The van der Waals surface area contributed by atoms with Crippen LogP contribution >= 0.6 is 15.9 Å². The summed E-state index contributed by atoms with van der Waals surface area (Å²) in [6, 6.07) is 9.29. The number of nitrogens with two attached hydrogens (primary N) is 1. The molecule has 1 heterocycles. The number of nitrogens with zero attached hydrogens (tertiary/aromatic N) is 1. The van der Waals surface area contributed by atoms with E-state index in [0.29, 0.717) is 6.54 Å². The zero-order valence-electron chi connectivity index (χ0n) is 11.1. The second-order valence-corrected chi connectivity index (χ2v) is 5.72. The van der Waals surface area contributed by atoms with E-state index >= 15 is 0 Å². The van der Waals surface area contributed by atoms with E-state index in [0.717, 1.165) is 15.6 Å². The molecule has 0 radical (unpaired) electrons. The monoisotopic (exact) mass is 320 g/mol. The maximum Gasteiger partial charge on any atom is 0.250 e. The van der Waals surface area contributed by atoms with Crippen molar-refractivity contribution >= 4 is 15.9 Å². The number of rotatable bonds is 3. The van der Waals surface area contributed by atoms with Crippen molar-refractivity contribution in [3.8, 4) is 0 Å². The molecule has 0 saturated carbocycles. The summed E-state index contributed by atoms with van der Waals surface area (Å²) in [5, 5.41) is 0. The van der Waals surface area contributed by atoms with E-state index in [1.54, 1.807) is 22.9 Å². The van der Waals surface area contributed by atoms with E-state index in [4.69, 9.17) is 5.73 Å². The van der Waals surface area contributed by atoms with Gasteiger partial charge in [0.1, 0.15) is 0 Å². The highest BCUT2D eigenvalue weighted by Gasteiger charge is 2.10. The lowest BCUT2D eigenvalue weighted by Gasteiger charge is -2.17. The summed E-state index contributed by atoms with van der Waals surface area (Å²) < 4.78 is 2.51. The van der Waals surface area contributed by atoms with Crippen LogP contribution in [0.2, 0.25) is 0 Å². The summed E-state index contributed by atoms with van der Waals surface area (Å²) >= 11 is 3.37. The van der Waals surface area contributed by atoms with Gasteiger partial charge in [-0.1, -0.05) is 23.8 Å². The Hall–Kier alpha value is -1.39. The number of hydrogen-bond donors (Lipinski definition) is 1. The first-order valence-corrected chi connectivity index (χ1v) is 6.95. The highest BCUT2D eigenvalue weighted by molar-refractivity contribution is 9.10. The largest absolute Gasteiger partial charge is 0.322 e. The van der Waals surface area contributed by atoms with Gasteiger partial charge in [0.2, 0.25) is 0 Å². The van der Waals surface area contributed by atoms with E-state index in [1.165, 1.54) is 5.56 Å². The maximum atomic E-state index is 11.8. The average molecular weight is 321 g/mol. The lowest BCUT2D eigenvalue weighted by Crippen LogP contribution is -2.26. The molecule has 0 amide bonds. The third-order valence-electron chi connectivity index (χ3n) is 3.17. The molecule has 0 aliphatic carbocycles. The molecule has 0 fully saturated rings. The molecular weight excluding hydrogens is 304 g/mol. The Kier molecular flexibility index (Phi) is 4.22. The van der Waals surface area contributed by atoms with Gasteiger partial charge in [0.05, 0.1) is 0 Å². The number of aryl methyl sites for hydroxylation is 2. The fraction of sp³-hybridized carbons (Fsp3) is 0.267. The highest BCUT2D eigenvalue weighted by atomic mass is 79.9. The van der Waals surface area contributed by atoms with Crippen molar-refractivity contribution in [1.82, 2.24) is 4.57 Å². The van der Waals surface area contributed by atoms with Crippen molar-refractivity contribution in [3.63, 3.8) is 0 Å². The predicted molar refractivity (Wildman–Crippen MR) is 81.2 cm³/mol. The SMILES string of the molecule is Cc1ccc(C(N)Cn2cc(Br)ccc2=O)c(C)c1. The summed E-state index contributed by atoms with van der Waals surface area (Å²) in [4.78, 5) is 11.8. The quantitative estimate of drug-likeness (QED) is 0.945. The van der Waals surface area contributed by atoms with Crippen LogP contribution in [0, 0.1) is 13.8 Å². The first kappa shape index (κ1) is 14.0. The molecule has 2 N–H and O–H groups in total. The van der Waals surface area contributed by atoms with Gasteiger partial charge in [0, 0.05) is 29.3 Å². The van der Waals surface area contributed by atoms with Crippen LogP contribution in [0.1, 0.15) is 22.7 Å². The van der Waals surface area contributed by atoms with Crippen molar-refractivity contribution < 1.29 is 0 Å². The van der Waals surface area contributed by atoms with Gasteiger partial charge in [0.15, 0.2) is 0 Å². The van der Waals surface area contributed by atoms with E-state index in [1.807, 2.05) is 19.1 Å². The molecule has 2 rings (SSSR count). The first-order chi connectivity index (χ1) is 8.97. The number of hydrogen-bond acceptors (Lipinski definition) is 2. The number of pyridine rings is 1. The maximum absolute atomic E-state index is 11.8. The number of halogens is 1. The van der Waals surface area contributed by atoms with Gasteiger partial charge in [-0.3, -0.25) is 4.79 Å². The summed E-state index contributed by atoms with van der Waals surface area (Å²) in [5.74, 6) is 0. The smallest absolute Gasteiger partial charge is 0.250 e. The van der Waals surface area contributed by atoms with E-state index < -0.39 is 0 Å². The number of aromatic nitrogens is 1. The Morgan fingerprint density at radius 2 is 2.00 bits per heavy atom. The predicted octanol–water partition coefficient (Wildman–Crippen LogP) is 2.93. The zero-order chi connectivity index (χ0) is 14.0. The molecule has 1 unspecified atom stereocenters. The number of benzene rings is 1. The highest BCUT2D eigenvalue weighted by Crippen LogP contribution is 2.18. The first-order valence-electron chi connectivity index (χ1n) is 6.16. The third kappa shape index (κ3) is 3.33. The lowest BCUT2D eigenvalue weighted by atomic mass is 10.00. The fourth-order valence-electron chi connectivity index (χ4n) is 2.20. The molecule has 3 nitrogen and oxygen atoms in total. The van der Waals surface area contributed by atoms with Crippen molar-refractivity contribution in [2.24, 2.45) is 5.73 Å². The minimum absolute atomic E-state index is 0.0385. The van der Waals surface area contributed by atoms with Crippen LogP contribution < -0.4 is 11.3 Å². The van der Waals surface area contributed by atoms with Crippen molar-refractivity contribution in [2.45, 2.75) is 26.4 Å². The van der Waals surface area contributed by atoms with E-state index in [9.17, 15) is 4.79 Å². The molecule has 0 bridgehead atoms. The summed E-state index contributed by atoms with van der Waals surface area (Å²) in [6.07, 6.45) is 1.77. The van der Waals surface area contributed by atoms with Crippen LogP contribution in [0.4, 0.5) is 0 Å². The Labute approximate surface area is 121 Å². The third-order valence-corrected chi connectivity index (χ3v) is 3.63.